The average Bonchev–Trinajstić information content (AvgIpc) is 3.06. The zero-order valence-electron chi connectivity index (χ0n) is 24.9. The molecule has 0 bridgehead atoms. The lowest BCUT2D eigenvalue weighted by Gasteiger charge is -2.12. The number of halogens is 2. The summed E-state index contributed by atoms with van der Waals surface area (Å²) >= 11 is 12.7. The Morgan fingerprint density at radius 2 is 1.09 bits per heavy atom. The van der Waals surface area contributed by atoms with Crippen LogP contribution >= 0.6 is 23.2 Å². The van der Waals surface area contributed by atoms with Crippen molar-refractivity contribution < 1.29 is 42.9 Å². The maximum absolute atomic E-state index is 12.8. The van der Waals surface area contributed by atoms with Crippen LogP contribution in [0.25, 0.3) is 0 Å². The molecular weight excluding hydrogens is 637 g/mol. The normalized spacial score (nSPS) is 10.3. The van der Waals surface area contributed by atoms with Crippen LogP contribution in [0.3, 0.4) is 0 Å². The zero-order valence-corrected chi connectivity index (χ0v) is 26.4. The van der Waals surface area contributed by atoms with E-state index in [4.69, 9.17) is 46.9 Å². The Balaban J connectivity index is 1.46. The third-order valence-electron chi connectivity index (χ3n) is 6.09. The molecular formula is C34H33Cl2NO9. The molecule has 242 valence electrons. The van der Waals surface area contributed by atoms with E-state index >= 15 is 0 Å². The minimum Gasteiger partial charge on any atom is -0.494 e. The molecule has 12 heteroatoms. The van der Waals surface area contributed by atoms with Crippen LogP contribution in [-0.2, 0) is 19.1 Å². The van der Waals surface area contributed by atoms with Crippen LogP contribution in [0.2, 0.25) is 10.0 Å². The van der Waals surface area contributed by atoms with Gasteiger partial charge in [-0.1, -0.05) is 36.4 Å². The minimum absolute atomic E-state index is 0.0258. The molecule has 46 heavy (non-hydrogen) atoms. The molecule has 0 aromatic heterocycles. The number of amides is 1. The minimum atomic E-state index is -0.686. The van der Waals surface area contributed by atoms with Gasteiger partial charge >= 0.3 is 17.9 Å². The Morgan fingerprint density at radius 1 is 0.652 bits per heavy atom. The molecule has 0 saturated carbocycles. The highest BCUT2D eigenvalue weighted by molar-refractivity contribution is 6.38. The van der Waals surface area contributed by atoms with Gasteiger partial charge in [0.05, 0.1) is 42.0 Å². The lowest BCUT2D eigenvalue weighted by molar-refractivity contribution is -0.138. The van der Waals surface area contributed by atoms with Crippen molar-refractivity contribution in [2.45, 2.75) is 25.7 Å². The van der Waals surface area contributed by atoms with Gasteiger partial charge < -0.3 is 29.0 Å². The van der Waals surface area contributed by atoms with Gasteiger partial charge in [-0.3, -0.25) is 4.79 Å². The van der Waals surface area contributed by atoms with Gasteiger partial charge in [0, 0.05) is 23.4 Å². The van der Waals surface area contributed by atoms with E-state index in [9.17, 15) is 19.2 Å². The van der Waals surface area contributed by atoms with Gasteiger partial charge in [0.2, 0.25) is 0 Å². The highest BCUT2D eigenvalue weighted by atomic mass is 35.5. The Hall–Kier alpha value is -4.80. The number of ether oxygens (including phenoxy) is 5. The maximum Gasteiger partial charge on any atom is 0.343 e. The highest BCUT2D eigenvalue weighted by Crippen LogP contribution is 2.37. The van der Waals surface area contributed by atoms with Gasteiger partial charge in [-0.15, -0.1) is 0 Å². The summed E-state index contributed by atoms with van der Waals surface area (Å²) in [4.78, 5) is 47.6. The molecule has 0 unspecified atom stereocenters. The van der Waals surface area contributed by atoms with Crippen molar-refractivity contribution in [3.63, 3.8) is 0 Å². The topological polar surface area (TPSA) is 126 Å². The fraction of sp³-hybridized carbons (Fsp3) is 0.235. The monoisotopic (exact) mass is 669 g/mol. The molecule has 0 spiro atoms. The number of nitrogens with one attached hydrogen (secondary N) is 1. The standard InChI is InChI=1S/C34H33Cl2NO9/c1-3-30(38)44-19-7-5-17-42-26-13-9-23(10-14-26)33(40)37-25-21-28(35)32(29(36)22-25)46-34(41)24-11-15-27(16-12-24)43-18-6-8-20-45-31(39)4-2/h3-4,9-16,21-22H,1-2,5-8,17-20H2,(H,37,40). The predicted molar refractivity (Wildman–Crippen MR) is 174 cm³/mol. The summed E-state index contributed by atoms with van der Waals surface area (Å²) in [5, 5.41) is 2.77. The fourth-order valence-corrected chi connectivity index (χ4v) is 4.29. The van der Waals surface area contributed by atoms with Gasteiger partial charge in [0.25, 0.3) is 5.91 Å². The maximum atomic E-state index is 12.8. The SMILES string of the molecule is C=CC(=O)OCCCCOc1ccc(C(=O)Nc2cc(Cl)c(OC(=O)c3ccc(OCCCCOC(=O)C=C)cc3)c(Cl)c2)cc1. The number of esters is 3. The first-order valence-electron chi connectivity index (χ1n) is 14.3. The van der Waals surface area contributed by atoms with E-state index < -0.39 is 23.8 Å². The van der Waals surface area contributed by atoms with Crippen molar-refractivity contribution >= 4 is 52.7 Å². The molecule has 3 aromatic rings. The summed E-state index contributed by atoms with van der Waals surface area (Å²) in [5.74, 6) is -0.933. The van der Waals surface area contributed by atoms with E-state index in [2.05, 4.69) is 18.5 Å². The molecule has 3 aromatic carbocycles. The first-order valence-corrected chi connectivity index (χ1v) is 15.0. The molecule has 0 fully saturated rings. The third-order valence-corrected chi connectivity index (χ3v) is 6.66. The summed E-state index contributed by atoms with van der Waals surface area (Å²) in [6, 6.07) is 15.7. The molecule has 0 radical (unpaired) electrons. The number of unbranched alkanes of at least 4 members (excludes halogenated alkanes) is 2. The molecule has 0 aliphatic rings. The lowest BCUT2D eigenvalue weighted by atomic mass is 10.2. The largest absolute Gasteiger partial charge is 0.494 e. The summed E-state index contributed by atoms with van der Waals surface area (Å²) in [6.07, 6.45) is 4.86. The van der Waals surface area contributed by atoms with Crippen LogP contribution in [0.15, 0.2) is 86.0 Å². The van der Waals surface area contributed by atoms with Crippen LogP contribution in [0, 0.1) is 0 Å². The number of carbonyl (C=O) groups excluding carboxylic acids is 4. The molecule has 0 aliphatic carbocycles. The van der Waals surface area contributed by atoms with Crippen molar-refractivity contribution in [1.29, 1.82) is 0 Å². The first-order chi connectivity index (χ1) is 22.2. The van der Waals surface area contributed by atoms with Crippen molar-refractivity contribution in [3.8, 4) is 17.2 Å². The molecule has 10 nitrogen and oxygen atoms in total. The van der Waals surface area contributed by atoms with E-state index in [1.54, 1.807) is 48.5 Å². The van der Waals surface area contributed by atoms with E-state index in [1.807, 2.05) is 0 Å². The molecule has 0 aliphatic heterocycles. The summed E-state index contributed by atoms with van der Waals surface area (Å²) < 4.78 is 26.5. The van der Waals surface area contributed by atoms with Crippen molar-refractivity contribution in [3.05, 3.63) is 107 Å². The number of hydrogen-bond donors (Lipinski definition) is 1. The molecule has 0 saturated heterocycles. The Labute approximate surface area is 276 Å². The fourth-order valence-electron chi connectivity index (χ4n) is 3.73. The summed E-state index contributed by atoms with van der Waals surface area (Å²) in [5.41, 5.74) is 0.917. The molecule has 0 heterocycles. The Morgan fingerprint density at radius 3 is 1.54 bits per heavy atom. The first kappa shape index (κ1) is 35.7. The molecule has 3 rings (SSSR count). The molecule has 0 atom stereocenters. The quantitative estimate of drug-likeness (QED) is 0.0645. The van der Waals surface area contributed by atoms with Crippen LogP contribution in [0.1, 0.15) is 46.4 Å². The van der Waals surface area contributed by atoms with Crippen LogP contribution in [0.5, 0.6) is 17.2 Å². The van der Waals surface area contributed by atoms with Crippen LogP contribution in [-0.4, -0.2) is 50.2 Å². The average molecular weight is 671 g/mol. The lowest BCUT2D eigenvalue weighted by Crippen LogP contribution is -2.13. The number of rotatable bonds is 18. The van der Waals surface area contributed by atoms with Gasteiger partial charge in [0.15, 0.2) is 5.75 Å². The van der Waals surface area contributed by atoms with Crippen molar-refractivity contribution in [2.75, 3.05) is 31.7 Å². The smallest absolute Gasteiger partial charge is 0.343 e. The summed E-state index contributed by atoms with van der Waals surface area (Å²) in [6.45, 7) is 8.07. The van der Waals surface area contributed by atoms with E-state index in [1.165, 1.54) is 12.1 Å². The van der Waals surface area contributed by atoms with Gasteiger partial charge in [-0.25, -0.2) is 14.4 Å². The van der Waals surface area contributed by atoms with Gasteiger partial charge in [-0.2, -0.15) is 0 Å². The number of benzene rings is 3. The predicted octanol–water partition coefficient (Wildman–Crippen LogP) is 7.24. The molecule has 1 N–H and O–H groups in total. The second-order valence-corrected chi connectivity index (χ2v) is 10.3. The number of hydrogen-bond acceptors (Lipinski definition) is 9. The van der Waals surface area contributed by atoms with E-state index in [0.29, 0.717) is 61.6 Å². The van der Waals surface area contributed by atoms with Gasteiger partial charge in [-0.05, 0) is 86.3 Å². The highest BCUT2D eigenvalue weighted by Gasteiger charge is 2.17. The Bertz CT molecular complexity index is 1500. The van der Waals surface area contributed by atoms with E-state index in [-0.39, 0.29) is 34.6 Å². The second-order valence-electron chi connectivity index (χ2n) is 9.52. The summed E-state index contributed by atoms with van der Waals surface area (Å²) in [7, 11) is 0. The number of carbonyl (C=O) groups is 4. The van der Waals surface area contributed by atoms with Crippen LogP contribution in [0.4, 0.5) is 5.69 Å². The van der Waals surface area contributed by atoms with Crippen LogP contribution < -0.4 is 19.5 Å². The third kappa shape index (κ3) is 11.9. The number of anilines is 1. The van der Waals surface area contributed by atoms with Gasteiger partial charge in [0.1, 0.15) is 11.5 Å². The van der Waals surface area contributed by atoms with Crippen molar-refractivity contribution in [1.82, 2.24) is 0 Å². The van der Waals surface area contributed by atoms with E-state index in [0.717, 1.165) is 12.2 Å². The zero-order chi connectivity index (χ0) is 33.3. The van der Waals surface area contributed by atoms with Crippen molar-refractivity contribution in [2.24, 2.45) is 0 Å². The second kappa shape index (κ2) is 18.9. The molecule has 1 amide bonds. The Kier molecular flexibility index (Phi) is 14.6.